The van der Waals surface area contributed by atoms with Crippen molar-refractivity contribution in [1.29, 1.82) is 0 Å². The molecular formula is C19H18F2N2O2. The zero-order chi connectivity index (χ0) is 18.1. The molecule has 2 aromatic rings. The summed E-state index contributed by atoms with van der Waals surface area (Å²) in [6.45, 7) is 3.92. The van der Waals surface area contributed by atoms with Crippen LogP contribution in [0.25, 0.3) is 0 Å². The van der Waals surface area contributed by atoms with Crippen LogP contribution in [0.5, 0.6) is 0 Å². The predicted molar refractivity (Wildman–Crippen MR) is 90.4 cm³/mol. The second kappa shape index (κ2) is 6.63. The number of hydrogen-bond acceptors (Lipinski definition) is 2. The first kappa shape index (κ1) is 17.1. The van der Waals surface area contributed by atoms with E-state index in [9.17, 15) is 18.4 Å². The van der Waals surface area contributed by atoms with Gasteiger partial charge in [-0.3, -0.25) is 9.59 Å². The van der Waals surface area contributed by atoms with Crippen LogP contribution in [0.3, 0.4) is 0 Å². The van der Waals surface area contributed by atoms with Crippen molar-refractivity contribution in [3.8, 4) is 0 Å². The highest BCUT2D eigenvalue weighted by Crippen LogP contribution is 2.25. The molecule has 4 nitrogen and oxygen atoms in total. The van der Waals surface area contributed by atoms with E-state index in [2.05, 4.69) is 0 Å². The van der Waals surface area contributed by atoms with Gasteiger partial charge in [-0.25, -0.2) is 8.78 Å². The number of carbonyl (C=O) groups is 2. The average Bonchev–Trinajstić information content (AvgIpc) is 2.60. The van der Waals surface area contributed by atoms with E-state index < -0.39 is 17.7 Å². The fraction of sp³-hybridized carbons (Fsp3) is 0.263. The fourth-order valence-electron chi connectivity index (χ4n) is 2.97. The molecule has 0 radical (unpaired) electrons. The van der Waals surface area contributed by atoms with Crippen molar-refractivity contribution in [3.05, 3.63) is 65.2 Å². The van der Waals surface area contributed by atoms with Gasteiger partial charge in [0.05, 0.1) is 5.69 Å². The molecule has 1 atom stereocenters. The molecule has 2 aromatic carbocycles. The molecule has 0 spiro atoms. The minimum Gasteiger partial charge on any atom is -0.325 e. The third-order valence-electron chi connectivity index (χ3n) is 4.40. The van der Waals surface area contributed by atoms with Crippen molar-refractivity contribution < 1.29 is 18.4 Å². The summed E-state index contributed by atoms with van der Waals surface area (Å²) in [6, 6.07) is 9.06. The largest absolute Gasteiger partial charge is 0.325 e. The number of amides is 2. The number of benzene rings is 2. The maximum absolute atomic E-state index is 14.1. The van der Waals surface area contributed by atoms with Crippen LogP contribution in [0.2, 0.25) is 0 Å². The van der Waals surface area contributed by atoms with Crippen molar-refractivity contribution in [1.82, 2.24) is 4.90 Å². The molecule has 130 valence electrons. The highest BCUT2D eigenvalue weighted by molar-refractivity contribution is 6.03. The second-order valence-electron chi connectivity index (χ2n) is 6.13. The lowest BCUT2D eigenvalue weighted by molar-refractivity contribution is -0.124. The van der Waals surface area contributed by atoms with Gasteiger partial charge < -0.3 is 9.80 Å². The third-order valence-corrected chi connectivity index (χ3v) is 4.40. The Morgan fingerprint density at radius 3 is 2.44 bits per heavy atom. The maximum Gasteiger partial charge on any atom is 0.254 e. The zero-order valence-corrected chi connectivity index (χ0v) is 14.0. The molecule has 0 bridgehead atoms. The van der Waals surface area contributed by atoms with Gasteiger partial charge in [-0.1, -0.05) is 6.07 Å². The monoisotopic (exact) mass is 344 g/mol. The fourth-order valence-corrected chi connectivity index (χ4v) is 2.97. The Hall–Kier alpha value is -2.76. The van der Waals surface area contributed by atoms with Crippen molar-refractivity contribution in [3.63, 3.8) is 0 Å². The molecule has 0 aromatic heterocycles. The van der Waals surface area contributed by atoms with Gasteiger partial charge in [0.2, 0.25) is 5.91 Å². The zero-order valence-electron chi connectivity index (χ0n) is 14.0. The lowest BCUT2D eigenvalue weighted by Gasteiger charge is -2.39. The summed E-state index contributed by atoms with van der Waals surface area (Å²) in [4.78, 5) is 28.1. The molecular weight excluding hydrogens is 326 g/mol. The van der Waals surface area contributed by atoms with E-state index in [0.717, 1.165) is 5.56 Å². The molecule has 2 amide bonds. The van der Waals surface area contributed by atoms with Crippen LogP contribution >= 0.6 is 0 Å². The van der Waals surface area contributed by atoms with E-state index in [1.165, 1.54) is 40.1 Å². The molecule has 1 unspecified atom stereocenters. The van der Waals surface area contributed by atoms with Crippen molar-refractivity contribution >= 4 is 17.5 Å². The number of halogens is 2. The van der Waals surface area contributed by atoms with Gasteiger partial charge in [-0.2, -0.15) is 0 Å². The number of rotatable bonds is 2. The van der Waals surface area contributed by atoms with Crippen LogP contribution in [-0.2, 0) is 4.79 Å². The van der Waals surface area contributed by atoms with E-state index in [0.29, 0.717) is 5.56 Å². The molecule has 3 rings (SSSR count). The summed E-state index contributed by atoms with van der Waals surface area (Å²) in [6.07, 6.45) is 0. The van der Waals surface area contributed by atoms with E-state index in [-0.39, 0.29) is 30.6 Å². The van der Waals surface area contributed by atoms with Crippen LogP contribution in [0.15, 0.2) is 42.5 Å². The van der Waals surface area contributed by atoms with Crippen LogP contribution in [0.4, 0.5) is 14.5 Å². The van der Waals surface area contributed by atoms with Crippen LogP contribution in [-0.4, -0.2) is 35.8 Å². The Morgan fingerprint density at radius 1 is 1.08 bits per heavy atom. The van der Waals surface area contributed by atoms with Gasteiger partial charge in [0.25, 0.3) is 5.91 Å². The van der Waals surface area contributed by atoms with Crippen LogP contribution < -0.4 is 4.90 Å². The number of hydrogen-bond donors (Lipinski definition) is 0. The van der Waals surface area contributed by atoms with Crippen LogP contribution in [0.1, 0.15) is 22.8 Å². The molecule has 0 aliphatic carbocycles. The second-order valence-corrected chi connectivity index (χ2v) is 6.13. The summed E-state index contributed by atoms with van der Waals surface area (Å²) >= 11 is 0. The molecule has 0 saturated carbocycles. The smallest absolute Gasteiger partial charge is 0.254 e. The Labute approximate surface area is 144 Å². The number of nitrogens with zero attached hydrogens (tertiary/aromatic N) is 2. The number of carbonyl (C=O) groups excluding carboxylic acids is 2. The lowest BCUT2D eigenvalue weighted by Crippen LogP contribution is -2.58. The van der Waals surface area contributed by atoms with Gasteiger partial charge in [-0.15, -0.1) is 0 Å². The topological polar surface area (TPSA) is 40.6 Å². The van der Waals surface area contributed by atoms with Gasteiger partial charge in [0.15, 0.2) is 0 Å². The first-order valence-corrected chi connectivity index (χ1v) is 8.02. The highest BCUT2D eigenvalue weighted by Gasteiger charge is 2.36. The maximum atomic E-state index is 14.1. The first-order chi connectivity index (χ1) is 11.9. The molecule has 25 heavy (non-hydrogen) atoms. The standard InChI is InChI=1S/C19H18F2N2O2/c1-12-3-8-16(21)17(11-12)23-10-9-22(13(2)18(23)24)19(25)14-4-6-15(20)7-5-14/h3-8,11,13H,9-10H2,1-2H3. The Kier molecular flexibility index (Phi) is 4.53. The van der Waals surface area contributed by atoms with E-state index >= 15 is 0 Å². The molecule has 1 aliphatic rings. The first-order valence-electron chi connectivity index (χ1n) is 8.02. The van der Waals surface area contributed by atoms with E-state index in [4.69, 9.17) is 0 Å². The SMILES string of the molecule is Cc1ccc(F)c(N2CCN(C(=O)c3ccc(F)cc3)C(C)C2=O)c1. The summed E-state index contributed by atoms with van der Waals surface area (Å²) < 4.78 is 27.1. The Balaban J connectivity index is 1.83. The molecule has 0 N–H and O–H groups in total. The van der Waals surface area contributed by atoms with Crippen molar-refractivity contribution in [2.24, 2.45) is 0 Å². The van der Waals surface area contributed by atoms with Gasteiger partial charge in [0.1, 0.15) is 17.7 Å². The average molecular weight is 344 g/mol. The van der Waals surface area contributed by atoms with Crippen molar-refractivity contribution in [2.75, 3.05) is 18.0 Å². The summed E-state index contributed by atoms with van der Waals surface area (Å²) in [5.74, 6) is -1.58. The lowest BCUT2D eigenvalue weighted by atomic mass is 10.1. The molecule has 1 fully saturated rings. The summed E-state index contributed by atoms with van der Waals surface area (Å²) in [5, 5.41) is 0. The summed E-state index contributed by atoms with van der Waals surface area (Å²) in [7, 11) is 0. The molecule has 1 aliphatic heterocycles. The van der Waals surface area contributed by atoms with Gasteiger partial charge >= 0.3 is 0 Å². The Bertz CT molecular complexity index is 821. The minimum atomic E-state index is -0.730. The number of aryl methyl sites for hydroxylation is 1. The van der Waals surface area contributed by atoms with E-state index in [1.54, 1.807) is 19.1 Å². The Morgan fingerprint density at radius 2 is 1.76 bits per heavy atom. The van der Waals surface area contributed by atoms with Crippen LogP contribution in [0, 0.1) is 18.6 Å². The summed E-state index contributed by atoms with van der Waals surface area (Å²) in [5.41, 5.74) is 1.39. The molecule has 1 heterocycles. The highest BCUT2D eigenvalue weighted by atomic mass is 19.1. The van der Waals surface area contributed by atoms with E-state index in [1.807, 2.05) is 6.92 Å². The third kappa shape index (κ3) is 3.24. The minimum absolute atomic E-state index is 0.205. The molecule has 6 heteroatoms. The normalized spacial score (nSPS) is 17.8. The van der Waals surface area contributed by atoms with Gasteiger partial charge in [-0.05, 0) is 55.8 Å². The van der Waals surface area contributed by atoms with Crippen molar-refractivity contribution in [2.45, 2.75) is 19.9 Å². The predicted octanol–water partition coefficient (Wildman–Crippen LogP) is 3.15. The quantitative estimate of drug-likeness (QED) is 0.840. The number of anilines is 1. The van der Waals surface area contributed by atoms with Gasteiger partial charge in [0, 0.05) is 18.7 Å². The number of piperazine rings is 1. The molecule has 1 saturated heterocycles.